The molecule has 1 aliphatic heterocycles. The molecule has 1 aliphatic carbocycles. The van der Waals surface area contributed by atoms with Crippen molar-refractivity contribution in [2.45, 2.75) is 51.6 Å². The fraction of sp³-hybridized carbons (Fsp3) is 1.00. The minimum absolute atomic E-state index is 0.640. The molecule has 2 aliphatic rings. The van der Waals surface area contributed by atoms with Crippen molar-refractivity contribution in [3.63, 3.8) is 0 Å². The minimum Gasteiger partial charge on any atom is -0.311 e. The first-order chi connectivity index (χ1) is 6.74. The van der Waals surface area contributed by atoms with Gasteiger partial charge in [0.15, 0.2) is 0 Å². The Balaban J connectivity index is 1.71. The van der Waals surface area contributed by atoms with Crippen LogP contribution >= 0.6 is 0 Å². The normalized spacial score (nSPS) is 29.8. The molecule has 0 radical (unpaired) electrons. The standard InChI is InChI=1S/C12H24N2/c1-10(2)13-12-4-3-7-14(9-12)8-11-5-6-11/h10-13H,3-9H2,1-2H3. The van der Waals surface area contributed by atoms with Crippen LogP contribution in [0, 0.1) is 5.92 Å². The summed E-state index contributed by atoms with van der Waals surface area (Å²) in [6.07, 6.45) is 5.73. The van der Waals surface area contributed by atoms with Crippen LogP contribution in [0.15, 0.2) is 0 Å². The number of rotatable bonds is 4. The summed E-state index contributed by atoms with van der Waals surface area (Å²) in [5, 5.41) is 3.66. The highest BCUT2D eigenvalue weighted by Gasteiger charge is 2.27. The Labute approximate surface area is 88.1 Å². The molecule has 0 spiro atoms. The molecule has 14 heavy (non-hydrogen) atoms. The quantitative estimate of drug-likeness (QED) is 0.738. The molecule has 0 bridgehead atoms. The Bertz CT molecular complexity index is 165. The Morgan fingerprint density at radius 1 is 1.29 bits per heavy atom. The second-order valence-electron chi connectivity index (χ2n) is 5.36. The van der Waals surface area contributed by atoms with E-state index in [0.717, 1.165) is 12.0 Å². The number of nitrogens with one attached hydrogen (secondary N) is 1. The summed E-state index contributed by atoms with van der Waals surface area (Å²) in [5.74, 6) is 1.05. The van der Waals surface area contributed by atoms with Crippen molar-refractivity contribution >= 4 is 0 Å². The predicted octanol–water partition coefficient (Wildman–Crippen LogP) is 1.86. The first-order valence-electron chi connectivity index (χ1n) is 6.22. The summed E-state index contributed by atoms with van der Waals surface area (Å²) in [6, 6.07) is 1.39. The number of nitrogens with zero attached hydrogens (tertiary/aromatic N) is 1. The molecular weight excluding hydrogens is 172 g/mol. The fourth-order valence-corrected chi connectivity index (χ4v) is 2.49. The van der Waals surface area contributed by atoms with Gasteiger partial charge in [-0.2, -0.15) is 0 Å². The van der Waals surface area contributed by atoms with Crippen molar-refractivity contribution in [1.82, 2.24) is 10.2 Å². The average Bonchev–Trinajstić information content (AvgIpc) is 2.87. The van der Waals surface area contributed by atoms with E-state index >= 15 is 0 Å². The van der Waals surface area contributed by atoms with E-state index in [1.165, 1.54) is 45.3 Å². The third-order valence-corrected chi connectivity index (χ3v) is 3.29. The van der Waals surface area contributed by atoms with Crippen molar-refractivity contribution in [2.75, 3.05) is 19.6 Å². The van der Waals surface area contributed by atoms with Crippen LogP contribution in [0.1, 0.15) is 39.5 Å². The molecule has 0 amide bonds. The van der Waals surface area contributed by atoms with Crippen molar-refractivity contribution in [3.05, 3.63) is 0 Å². The number of hydrogen-bond donors (Lipinski definition) is 1. The molecule has 0 aromatic rings. The lowest BCUT2D eigenvalue weighted by molar-refractivity contribution is 0.179. The first kappa shape index (κ1) is 10.4. The zero-order chi connectivity index (χ0) is 9.97. The number of hydrogen-bond acceptors (Lipinski definition) is 2. The molecule has 0 aromatic heterocycles. The molecule has 2 nitrogen and oxygen atoms in total. The Hall–Kier alpha value is -0.0800. The van der Waals surface area contributed by atoms with Crippen LogP contribution in [-0.2, 0) is 0 Å². The molecule has 1 unspecified atom stereocenters. The Morgan fingerprint density at radius 2 is 2.07 bits per heavy atom. The van der Waals surface area contributed by atoms with Crippen LogP contribution in [-0.4, -0.2) is 36.6 Å². The third-order valence-electron chi connectivity index (χ3n) is 3.29. The average molecular weight is 196 g/mol. The van der Waals surface area contributed by atoms with Gasteiger partial charge in [-0.3, -0.25) is 0 Å². The van der Waals surface area contributed by atoms with Gasteiger partial charge in [0, 0.05) is 25.2 Å². The van der Waals surface area contributed by atoms with Gasteiger partial charge < -0.3 is 10.2 Å². The Kier molecular flexibility index (Phi) is 3.45. The molecule has 2 fully saturated rings. The van der Waals surface area contributed by atoms with Gasteiger partial charge in [0.05, 0.1) is 0 Å². The van der Waals surface area contributed by atoms with Crippen LogP contribution in [0.2, 0.25) is 0 Å². The van der Waals surface area contributed by atoms with Crippen LogP contribution in [0.4, 0.5) is 0 Å². The van der Waals surface area contributed by atoms with E-state index in [0.29, 0.717) is 6.04 Å². The topological polar surface area (TPSA) is 15.3 Å². The highest BCUT2D eigenvalue weighted by Crippen LogP contribution is 2.30. The van der Waals surface area contributed by atoms with E-state index in [4.69, 9.17) is 0 Å². The largest absolute Gasteiger partial charge is 0.311 e. The van der Waals surface area contributed by atoms with Crippen molar-refractivity contribution < 1.29 is 0 Å². The van der Waals surface area contributed by atoms with Crippen LogP contribution in [0.3, 0.4) is 0 Å². The molecule has 82 valence electrons. The van der Waals surface area contributed by atoms with Crippen molar-refractivity contribution in [3.8, 4) is 0 Å². The molecule has 1 saturated carbocycles. The molecule has 2 rings (SSSR count). The Morgan fingerprint density at radius 3 is 2.71 bits per heavy atom. The summed E-state index contributed by atoms with van der Waals surface area (Å²) < 4.78 is 0. The van der Waals surface area contributed by atoms with Crippen LogP contribution in [0.25, 0.3) is 0 Å². The zero-order valence-corrected chi connectivity index (χ0v) is 9.63. The van der Waals surface area contributed by atoms with Gasteiger partial charge in [-0.15, -0.1) is 0 Å². The fourth-order valence-electron chi connectivity index (χ4n) is 2.49. The second-order valence-corrected chi connectivity index (χ2v) is 5.36. The van der Waals surface area contributed by atoms with Crippen LogP contribution < -0.4 is 5.32 Å². The summed E-state index contributed by atoms with van der Waals surface area (Å²) in [5.41, 5.74) is 0. The van der Waals surface area contributed by atoms with Gasteiger partial charge >= 0.3 is 0 Å². The molecule has 1 heterocycles. The maximum atomic E-state index is 3.66. The molecule has 2 heteroatoms. The summed E-state index contributed by atoms with van der Waals surface area (Å²) in [7, 11) is 0. The maximum Gasteiger partial charge on any atom is 0.0197 e. The smallest absolute Gasteiger partial charge is 0.0197 e. The van der Waals surface area contributed by atoms with E-state index in [2.05, 4.69) is 24.1 Å². The third kappa shape index (κ3) is 3.25. The predicted molar refractivity (Wildman–Crippen MR) is 60.5 cm³/mol. The lowest BCUT2D eigenvalue weighted by Crippen LogP contribution is -2.48. The van der Waals surface area contributed by atoms with E-state index < -0.39 is 0 Å². The van der Waals surface area contributed by atoms with Gasteiger partial charge in [-0.1, -0.05) is 13.8 Å². The van der Waals surface area contributed by atoms with Crippen LogP contribution in [0.5, 0.6) is 0 Å². The highest BCUT2D eigenvalue weighted by molar-refractivity contribution is 4.83. The minimum atomic E-state index is 0.640. The summed E-state index contributed by atoms with van der Waals surface area (Å²) >= 11 is 0. The van der Waals surface area contributed by atoms with E-state index in [9.17, 15) is 0 Å². The van der Waals surface area contributed by atoms with E-state index in [1.54, 1.807) is 0 Å². The SMILES string of the molecule is CC(C)NC1CCCN(CC2CC2)C1. The summed E-state index contributed by atoms with van der Waals surface area (Å²) in [6.45, 7) is 8.50. The lowest BCUT2D eigenvalue weighted by Gasteiger charge is -2.34. The van der Waals surface area contributed by atoms with Crippen molar-refractivity contribution in [2.24, 2.45) is 5.92 Å². The van der Waals surface area contributed by atoms with E-state index in [-0.39, 0.29) is 0 Å². The molecule has 1 saturated heterocycles. The van der Waals surface area contributed by atoms with Crippen molar-refractivity contribution in [1.29, 1.82) is 0 Å². The monoisotopic (exact) mass is 196 g/mol. The zero-order valence-electron chi connectivity index (χ0n) is 9.63. The van der Waals surface area contributed by atoms with Gasteiger partial charge in [-0.05, 0) is 38.1 Å². The number of piperidine rings is 1. The van der Waals surface area contributed by atoms with Gasteiger partial charge in [-0.25, -0.2) is 0 Å². The molecule has 0 aromatic carbocycles. The molecular formula is C12H24N2. The maximum absolute atomic E-state index is 3.66. The van der Waals surface area contributed by atoms with Gasteiger partial charge in [0.1, 0.15) is 0 Å². The summed E-state index contributed by atoms with van der Waals surface area (Å²) in [4.78, 5) is 2.67. The lowest BCUT2D eigenvalue weighted by atomic mass is 10.0. The first-order valence-corrected chi connectivity index (χ1v) is 6.22. The highest BCUT2D eigenvalue weighted by atomic mass is 15.2. The molecule has 1 N–H and O–H groups in total. The number of likely N-dealkylation sites (tertiary alicyclic amines) is 1. The van der Waals surface area contributed by atoms with Gasteiger partial charge in [0.2, 0.25) is 0 Å². The van der Waals surface area contributed by atoms with E-state index in [1.807, 2.05) is 0 Å². The molecule has 1 atom stereocenters. The van der Waals surface area contributed by atoms with Gasteiger partial charge in [0.25, 0.3) is 0 Å². The second kappa shape index (κ2) is 4.63.